The van der Waals surface area contributed by atoms with Gasteiger partial charge in [-0.3, -0.25) is 4.79 Å². The SMILES string of the molecule is Cc1ccc(C(=O)NC2CCN(C)C2)cc1C#CCO. The van der Waals surface area contributed by atoms with E-state index in [9.17, 15) is 4.79 Å². The van der Waals surface area contributed by atoms with Crippen molar-refractivity contribution in [1.29, 1.82) is 0 Å². The molecule has 0 aromatic heterocycles. The summed E-state index contributed by atoms with van der Waals surface area (Å²) in [4.78, 5) is 14.4. The predicted molar refractivity (Wildman–Crippen MR) is 78.5 cm³/mol. The molecule has 1 aromatic carbocycles. The number of aliphatic hydroxyl groups is 1. The van der Waals surface area contributed by atoms with Crippen LogP contribution >= 0.6 is 0 Å². The molecule has 106 valence electrons. The lowest BCUT2D eigenvalue weighted by Gasteiger charge is -2.13. The number of likely N-dealkylation sites (N-methyl/N-ethyl adjacent to an activating group) is 1. The first-order valence-corrected chi connectivity index (χ1v) is 6.80. The molecule has 20 heavy (non-hydrogen) atoms. The van der Waals surface area contributed by atoms with Crippen molar-refractivity contribution in [2.75, 3.05) is 26.7 Å². The molecule has 2 N–H and O–H groups in total. The quantitative estimate of drug-likeness (QED) is 0.782. The van der Waals surface area contributed by atoms with Gasteiger partial charge in [0, 0.05) is 23.7 Å². The molecule has 4 nitrogen and oxygen atoms in total. The van der Waals surface area contributed by atoms with E-state index in [1.807, 2.05) is 19.1 Å². The summed E-state index contributed by atoms with van der Waals surface area (Å²) >= 11 is 0. The van der Waals surface area contributed by atoms with E-state index >= 15 is 0 Å². The molecule has 1 saturated heterocycles. The first-order chi connectivity index (χ1) is 9.60. The second-order valence-corrected chi connectivity index (χ2v) is 5.21. The van der Waals surface area contributed by atoms with Gasteiger partial charge in [-0.2, -0.15) is 0 Å². The van der Waals surface area contributed by atoms with Crippen molar-refractivity contribution in [3.8, 4) is 11.8 Å². The number of carbonyl (C=O) groups excluding carboxylic acids is 1. The van der Waals surface area contributed by atoms with Crippen molar-refractivity contribution in [1.82, 2.24) is 10.2 Å². The fourth-order valence-electron chi connectivity index (χ4n) is 2.35. The van der Waals surface area contributed by atoms with Crippen LogP contribution in [0, 0.1) is 18.8 Å². The standard InChI is InChI=1S/C16H20N2O2/c1-12-5-6-14(10-13(12)4-3-9-19)16(20)17-15-7-8-18(2)11-15/h5-6,10,15,19H,7-9,11H2,1-2H3,(H,17,20). The van der Waals surface area contributed by atoms with Crippen LogP contribution in [0.1, 0.15) is 27.9 Å². The highest BCUT2D eigenvalue weighted by molar-refractivity contribution is 5.94. The highest BCUT2D eigenvalue weighted by atomic mass is 16.2. The molecule has 1 fully saturated rings. The van der Waals surface area contributed by atoms with Gasteiger partial charge in [-0.05, 0) is 44.6 Å². The first kappa shape index (κ1) is 14.6. The van der Waals surface area contributed by atoms with Crippen LogP contribution in [0.2, 0.25) is 0 Å². The molecular formula is C16H20N2O2. The fourth-order valence-corrected chi connectivity index (χ4v) is 2.35. The Morgan fingerprint density at radius 1 is 1.55 bits per heavy atom. The van der Waals surface area contributed by atoms with Crippen LogP contribution in [0.15, 0.2) is 18.2 Å². The molecular weight excluding hydrogens is 252 g/mol. The van der Waals surface area contributed by atoms with Crippen LogP contribution in [0.5, 0.6) is 0 Å². The molecule has 1 amide bonds. The van der Waals surface area contributed by atoms with Gasteiger partial charge in [0.15, 0.2) is 0 Å². The van der Waals surface area contributed by atoms with Gasteiger partial charge < -0.3 is 15.3 Å². The summed E-state index contributed by atoms with van der Waals surface area (Å²) in [5, 5.41) is 11.8. The number of hydrogen-bond acceptors (Lipinski definition) is 3. The van der Waals surface area contributed by atoms with E-state index in [1.54, 1.807) is 6.07 Å². The van der Waals surface area contributed by atoms with Gasteiger partial charge in [-0.15, -0.1) is 0 Å². The van der Waals surface area contributed by atoms with E-state index in [4.69, 9.17) is 5.11 Å². The molecule has 2 rings (SSSR count). The van der Waals surface area contributed by atoms with Crippen molar-refractivity contribution in [2.24, 2.45) is 0 Å². The highest BCUT2D eigenvalue weighted by Gasteiger charge is 2.21. The minimum Gasteiger partial charge on any atom is -0.384 e. The number of benzene rings is 1. The van der Waals surface area contributed by atoms with Crippen molar-refractivity contribution >= 4 is 5.91 Å². The summed E-state index contributed by atoms with van der Waals surface area (Å²) < 4.78 is 0. The Balaban J connectivity index is 2.10. The van der Waals surface area contributed by atoms with Crippen LogP contribution < -0.4 is 5.32 Å². The second kappa shape index (κ2) is 6.56. The third-order valence-corrected chi connectivity index (χ3v) is 3.53. The summed E-state index contributed by atoms with van der Waals surface area (Å²) in [6, 6.07) is 5.71. The molecule has 0 spiro atoms. The summed E-state index contributed by atoms with van der Waals surface area (Å²) in [6.07, 6.45) is 0.991. The zero-order chi connectivity index (χ0) is 14.5. The van der Waals surface area contributed by atoms with Gasteiger partial charge in [-0.25, -0.2) is 0 Å². The van der Waals surface area contributed by atoms with Gasteiger partial charge in [0.05, 0.1) is 0 Å². The number of aryl methyl sites for hydroxylation is 1. The van der Waals surface area contributed by atoms with Crippen molar-refractivity contribution < 1.29 is 9.90 Å². The van der Waals surface area contributed by atoms with Gasteiger partial charge in [0.25, 0.3) is 5.91 Å². The molecule has 4 heteroatoms. The number of likely N-dealkylation sites (tertiary alicyclic amines) is 1. The number of nitrogens with zero attached hydrogens (tertiary/aromatic N) is 1. The highest BCUT2D eigenvalue weighted by Crippen LogP contribution is 2.12. The summed E-state index contributed by atoms with van der Waals surface area (Å²) in [5.74, 6) is 5.43. The Bertz CT molecular complexity index is 557. The largest absolute Gasteiger partial charge is 0.384 e. The maximum atomic E-state index is 12.2. The predicted octanol–water partition coefficient (Wildman–Crippen LogP) is 0.773. The molecule has 0 aliphatic carbocycles. The summed E-state index contributed by atoms with van der Waals surface area (Å²) in [7, 11) is 2.06. The number of amides is 1. The molecule has 1 unspecified atom stereocenters. The van der Waals surface area contributed by atoms with E-state index in [2.05, 4.69) is 29.1 Å². The molecule has 1 atom stereocenters. The van der Waals surface area contributed by atoms with Gasteiger partial charge in [0.2, 0.25) is 0 Å². The maximum absolute atomic E-state index is 12.2. The summed E-state index contributed by atoms with van der Waals surface area (Å²) in [6.45, 7) is 3.68. The Hall–Kier alpha value is -1.83. The number of aliphatic hydroxyl groups excluding tert-OH is 1. The molecule has 0 radical (unpaired) electrons. The molecule has 1 heterocycles. The van der Waals surface area contributed by atoms with Gasteiger partial charge in [0.1, 0.15) is 6.61 Å². The minimum absolute atomic E-state index is 0.0580. The normalized spacial score (nSPS) is 18.4. The zero-order valence-corrected chi connectivity index (χ0v) is 11.9. The van der Waals surface area contributed by atoms with E-state index in [0.29, 0.717) is 5.56 Å². The summed E-state index contributed by atoms with van der Waals surface area (Å²) in [5.41, 5.74) is 2.41. The van der Waals surface area contributed by atoms with Crippen LogP contribution in [-0.2, 0) is 0 Å². The second-order valence-electron chi connectivity index (χ2n) is 5.21. The molecule has 1 aromatic rings. The average molecular weight is 272 g/mol. The molecule has 0 bridgehead atoms. The molecule has 1 aliphatic heterocycles. The maximum Gasteiger partial charge on any atom is 0.251 e. The van der Waals surface area contributed by atoms with E-state index in [1.165, 1.54) is 0 Å². The Kier molecular flexibility index (Phi) is 4.78. The van der Waals surface area contributed by atoms with Crippen LogP contribution in [-0.4, -0.2) is 48.7 Å². The number of carbonyl (C=O) groups is 1. The van der Waals surface area contributed by atoms with Crippen molar-refractivity contribution in [3.63, 3.8) is 0 Å². The van der Waals surface area contributed by atoms with Crippen LogP contribution in [0.3, 0.4) is 0 Å². The number of rotatable bonds is 2. The van der Waals surface area contributed by atoms with Gasteiger partial charge >= 0.3 is 0 Å². The van der Waals surface area contributed by atoms with E-state index < -0.39 is 0 Å². The Labute approximate surface area is 119 Å². The zero-order valence-electron chi connectivity index (χ0n) is 11.9. The lowest BCUT2D eigenvalue weighted by molar-refractivity contribution is 0.0938. The number of hydrogen-bond donors (Lipinski definition) is 2. The lowest BCUT2D eigenvalue weighted by Crippen LogP contribution is -2.36. The first-order valence-electron chi connectivity index (χ1n) is 6.80. The smallest absolute Gasteiger partial charge is 0.251 e. The molecule has 0 saturated carbocycles. The number of nitrogens with one attached hydrogen (secondary N) is 1. The topological polar surface area (TPSA) is 52.6 Å². The van der Waals surface area contributed by atoms with Crippen LogP contribution in [0.25, 0.3) is 0 Å². The lowest BCUT2D eigenvalue weighted by atomic mass is 10.0. The third-order valence-electron chi connectivity index (χ3n) is 3.53. The van der Waals surface area contributed by atoms with Crippen LogP contribution in [0.4, 0.5) is 0 Å². The minimum atomic E-state index is -0.176. The fraction of sp³-hybridized carbons (Fsp3) is 0.438. The van der Waals surface area contributed by atoms with Crippen molar-refractivity contribution in [2.45, 2.75) is 19.4 Å². The Morgan fingerprint density at radius 2 is 2.35 bits per heavy atom. The monoisotopic (exact) mass is 272 g/mol. The third kappa shape index (κ3) is 3.60. The van der Waals surface area contributed by atoms with E-state index in [0.717, 1.165) is 30.6 Å². The van der Waals surface area contributed by atoms with E-state index in [-0.39, 0.29) is 18.6 Å². The molecule has 1 aliphatic rings. The average Bonchev–Trinajstić information content (AvgIpc) is 2.83. The Morgan fingerprint density at radius 3 is 3.00 bits per heavy atom. The van der Waals surface area contributed by atoms with Crippen molar-refractivity contribution in [3.05, 3.63) is 34.9 Å². The van der Waals surface area contributed by atoms with Gasteiger partial charge in [-0.1, -0.05) is 17.9 Å².